The second-order valence-electron chi connectivity index (χ2n) is 9.72. The largest absolute Gasteiger partial charge is 0.491 e. The van der Waals surface area contributed by atoms with Crippen molar-refractivity contribution in [2.45, 2.75) is 31.5 Å². The lowest BCUT2D eigenvalue weighted by Crippen LogP contribution is -2.43. The van der Waals surface area contributed by atoms with Crippen LogP contribution in [0.2, 0.25) is 0 Å². The van der Waals surface area contributed by atoms with E-state index in [1.807, 2.05) is 72.8 Å². The number of hydrogen-bond acceptors (Lipinski definition) is 7. The number of nitrogens with one attached hydrogen (secondary N) is 1. The maximum Gasteiger partial charge on any atom is 0.329 e. The summed E-state index contributed by atoms with van der Waals surface area (Å²) in [6, 6.07) is 28.2. The van der Waals surface area contributed by atoms with Gasteiger partial charge in [0.25, 0.3) is 5.91 Å². The Kier molecular flexibility index (Phi) is 12.8. The lowest BCUT2D eigenvalue weighted by atomic mass is 10.0. The molecule has 0 aromatic heterocycles. The zero-order valence-corrected chi connectivity index (χ0v) is 24.5. The fourth-order valence-corrected chi connectivity index (χ4v) is 4.41. The maximum absolute atomic E-state index is 13.8. The Balaban J connectivity index is 0.00000506. The molecule has 0 heterocycles. The van der Waals surface area contributed by atoms with E-state index in [9.17, 15) is 14.4 Å². The first-order valence-corrected chi connectivity index (χ1v) is 13.7. The summed E-state index contributed by atoms with van der Waals surface area (Å²) in [7, 11) is 0. The minimum absolute atomic E-state index is 0. The van der Waals surface area contributed by atoms with Crippen molar-refractivity contribution in [2.75, 3.05) is 13.2 Å². The van der Waals surface area contributed by atoms with Gasteiger partial charge in [0, 0.05) is 6.04 Å². The van der Waals surface area contributed by atoms with Gasteiger partial charge in [0.15, 0.2) is 0 Å². The zero-order chi connectivity index (χ0) is 29.7. The molecule has 8 nitrogen and oxygen atoms in total. The SMILES string of the molecule is C=CCOC(=O)CC(NC(=O)c1c(OCC(N)Cc2ccccc2)ccc2ccccc12)C(=O)OCc1ccccc1.Cl. The van der Waals surface area contributed by atoms with Crippen LogP contribution in [0.5, 0.6) is 5.75 Å². The van der Waals surface area contributed by atoms with E-state index in [1.54, 1.807) is 24.3 Å². The summed E-state index contributed by atoms with van der Waals surface area (Å²) in [5.74, 6) is -1.74. The topological polar surface area (TPSA) is 117 Å². The molecule has 0 saturated heterocycles. The van der Waals surface area contributed by atoms with Crippen LogP contribution in [0.25, 0.3) is 10.8 Å². The van der Waals surface area contributed by atoms with E-state index < -0.39 is 30.3 Å². The molecule has 0 spiro atoms. The second-order valence-corrected chi connectivity index (χ2v) is 9.72. The van der Waals surface area contributed by atoms with Crippen LogP contribution in [0, 0.1) is 0 Å². The number of hydrogen-bond donors (Lipinski definition) is 2. The molecule has 9 heteroatoms. The van der Waals surface area contributed by atoms with Crippen LogP contribution in [0.15, 0.2) is 110 Å². The number of carbonyl (C=O) groups excluding carboxylic acids is 3. The van der Waals surface area contributed by atoms with Crippen molar-refractivity contribution in [3.8, 4) is 5.75 Å². The number of carbonyl (C=O) groups is 3. The average molecular weight is 603 g/mol. The third-order valence-electron chi connectivity index (χ3n) is 6.46. The summed E-state index contributed by atoms with van der Waals surface area (Å²) in [4.78, 5) is 39.4. The summed E-state index contributed by atoms with van der Waals surface area (Å²) >= 11 is 0. The first-order chi connectivity index (χ1) is 20.4. The fraction of sp³-hybridized carbons (Fsp3) is 0.206. The smallest absolute Gasteiger partial charge is 0.329 e. The van der Waals surface area contributed by atoms with Gasteiger partial charge in [-0.1, -0.05) is 104 Å². The van der Waals surface area contributed by atoms with Crippen molar-refractivity contribution in [2.24, 2.45) is 5.73 Å². The van der Waals surface area contributed by atoms with Crippen LogP contribution in [0.1, 0.15) is 27.9 Å². The molecule has 0 radical (unpaired) electrons. The van der Waals surface area contributed by atoms with Crippen LogP contribution in [-0.4, -0.2) is 43.1 Å². The van der Waals surface area contributed by atoms with Crippen LogP contribution in [0.4, 0.5) is 0 Å². The Hall–Kier alpha value is -4.66. The molecule has 3 N–H and O–H groups in total. The molecule has 0 bridgehead atoms. The Morgan fingerprint density at radius 3 is 2.19 bits per heavy atom. The van der Waals surface area contributed by atoms with E-state index in [-0.39, 0.29) is 43.8 Å². The highest BCUT2D eigenvalue weighted by molar-refractivity contribution is 6.10. The molecule has 0 aliphatic heterocycles. The predicted molar refractivity (Wildman–Crippen MR) is 168 cm³/mol. The number of benzene rings is 4. The number of rotatable bonds is 14. The summed E-state index contributed by atoms with van der Waals surface area (Å²) in [6.07, 6.45) is 1.59. The summed E-state index contributed by atoms with van der Waals surface area (Å²) in [5.41, 5.74) is 8.41. The fourth-order valence-electron chi connectivity index (χ4n) is 4.41. The standard InChI is InChI=1S/C34H34N2O6.ClH/c1-2-19-40-31(37)21-29(34(39)42-22-25-13-7-4-8-14-25)36-33(38)32-28-16-10-9-15-26(28)17-18-30(32)41-23-27(35)20-24-11-5-3-6-12-24;/h2-18,27,29H,1,19-23,35H2,(H,36,38);1H. The molecule has 2 unspecified atom stereocenters. The lowest BCUT2D eigenvalue weighted by Gasteiger charge is -2.20. The van der Waals surface area contributed by atoms with Gasteiger partial charge in [-0.3, -0.25) is 9.59 Å². The molecule has 1 amide bonds. The Morgan fingerprint density at radius 2 is 1.49 bits per heavy atom. The average Bonchev–Trinajstić information content (AvgIpc) is 3.01. The summed E-state index contributed by atoms with van der Waals surface area (Å²) < 4.78 is 16.6. The first-order valence-electron chi connectivity index (χ1n) is 13.7. The zero-order valence-electron chi connectivity index (χ0n) is 23.6. The van der Waals surface area contributed by atoms with Gasteiger partial charge in [-0.2, -0.15) is 0 Å². The van der Waals surface area contributed by atoms with E-state index in [0.29, 0.717) is 17.6 Å². The molecule has 0 aliphatic carbocycles. The molecule has 0 aliphatic rings. The highest BCUT2D eigenvalue weighted by Gasteiger charge is 2.29. The van der Waals surface area contributed by atoms with Crippen molar-refractivity contribution in [3.05, 3.63) is 126 Å². The van der Waals surface area contributed by atoms with Crippen LogP contribution >= 0.6 is 12.4 Å². The van der Waals surface area contributed by atoms with Gasteiger partial charge in [-0.05, 0) is 34.4 Å². The first kappa shape index (κ1) is 32.8. The van der Waals surface area contributed by atoms with E-state index in [1.165, 1.54) is 6.08 Å². The monoisotopic (exact) mass is 602 g/mol. The van der Waals surface area contributed by atoms with E-state index in [4.69, 9.17) is 19.9 Å². The maximum atomic E-state index is 13.8. The number of nitrogens with two attached hydrogens (primary N) is 1. The summed E-state index contributed by atoms with van der Waals surface area (Å²) in [6.45, 7) is 3.64. The van der Waals surface area contributed by atoms with Crippen LogP contribution < -0.4 is 15.8 Å². The van der Waals surface area contributed by atoms with Crippen molar-refractivity contribution in [3.63, 3.8) is 0 Å². The molecule has 2 atom stereocenters. The molecule has 4 aromatic rings. The van der Waals surface area contributed by atoms with Gasteiger partial charge in [0.2, 0.25) is 0 Å². The summed E-state index contributed by atoms with van der Waals surface area (Å²) in [5, 5.41) is 4.11. The van der Waals surface area contributed by atoms with E-state index >= 15 is 0 Å². The van der Waals surface area contributed by atoms with Crippen molar-refractivity contribution >= 4 is 41.0 Å². The highest BCUT2D eigenvalue weighted by Crippen LogP contribution is 2.29. The third-order valence-corrected chi connectivity index (χ3v) is 6.46. The number of ether oxygens (including phenoxy) is 3. The van der Waals surface area contributed by atoms with Gasteiger partial charge >= 0.3 is 11.9 Å². The molecule has 4 rings (SSSR count). The molecular formula is C34H35ClN2O6. The minimum atomic E-state index is -1.30. The Labute approximate surface area is 257 Å². The highest BCUT2D eigenvalue weighted by atomic mass is 35.5. The van der Waals surface area contributed by atoms with Crippen LogP contribution in [-0.2, 0) is 32.1 Å². The Morgan fingerprint density at radius 1 is 0.837 bits per heavy atom. The van der Waals surface area contributed by atoms with Gasteiger partial charge in [-0.25, -0.2) is 4.79 Å². The normalized spacial score (nSPS) is 11.8. The van der Waals surface area contributed by atoms with Crippen molar-refractivity contribution in [1.82, 2.24) is 5.32 Å². The molecule has 224 valence electrons. The molecule has 0 fully saturated rings. The molecule has 4 aromatic carbocycles. The number of halogens is 1. The van der Waals surface area contributed by atoms with Gasteiger partial charge < -0.3 is 25.3 Å². The van der Waals surface area contributed by atoms with E-state index in [2.05, 4.69) is 11.9 Å². The number of esters is 2. The molecular weight excluding hydrogens is 568 g/mol. The minimum Gasteiger partial charge on any atom is -0.491 e. The third kappa shape index (κ3) is 9.70. The number of amides is 1. The number of fused-ring (bicyclic) bond motifs is 1. The quantitative estimate of drug-likeness (QED) is 0.151. The van der Waals surface area contributed by atoms with Crippen molar-refractivity contribution < 1.29 is 28.6 Å². The van der Waals surface area contributed by atoms with Gasteiger partial charge in [-0.15, -0.1) is 12.4 Å². The lowest BCUT2D eigenvalue weighted by molar-refractivity contribution is -0.152. The molecule has 43 heavy (non-hydrogen) atoms. The van der Waals surface area contributed by atoms with Gasteiger partial charge in [0.1, 0.15) is 31.6 Å². The van der Waals surface area contributed by atoms with E-state index in [0.717, 1.165) is 16.5 Å². The second kappa shape index (κ2) is 16.7. The van der Waals surface area contributed by atoms with Crippen LogP contribution in [0.3, 0.4) is 0 Å². The van der Waals surface area contributed by atoms with Crippen molar-refractivity contribution in [1.29, 1.82) is 0 Å². The predicted octanol–water partition coefficient (Wildman–Crippen LogP) is 5.17. The molecule has 0 saturated carbocycles. The Bertz CT molecular complexity index is 1510. The van der Waals surface area contributed by atoms with Gasteiger partial charge in [0.05, 0.1) is 12.0 Å².